The van der Waals surface area contributed by atoms with Crippen LogP contribution in [0.2, 0.25) is 0 Å². The summed E-state index contributed by atoms with van der Waals surface area (Å²) >= 11 is 0. The average molecular weight is 158 g/mol. The van der Waals surface area contributed by atoms with E-state index in [-0.39, 0.29) is 6.15 Å². The summed E-state index contributed by atoms with van der Waals surface area (Å²) in [5.41, 5.74) is 7.14. The second-order valence-corrected chi connectivity index (χ2v) is 1.14. The minimum Gasteiger partial charge on any atom is -0.598 e. The van der Waals surface area contributed by atoms with E-state index in [4.69, 9.17) is 19.1 Å². The van der Waals surface area contributed by atoms with Gasteiger partial charge in [0.2, 0.25) is 0 Å². The molecule has 0 heterocycles. The fraction of sp³-hybridized carbons (Fsp3) is 0. The lowest BCUT2D eigenvalue weighted by Crippen LogP contribution is -2.60. The van der Waals surface area contributed by atoms with Gasteiger partial charge in [0, 0.05) is 0 Å². The normalized spacial score (nSPS) is 5.67. The van der Waals surface area contributed by atoms with Gasteiger partial charge in [0.05, 0.1) is 0 Å². The maximum Gasteiger partial charge on any atom is 0.409 e. The first-order chi connectivity index (χ1) is 3.46. The van der Waals surface area contributed by atoms with Crippen molar-refractivity contribution in [3.05, 3.63) is 0 Å². The second-order valence-electron chi connectivity index (χ2n) is 0.690. The Kier molecular flexibility index (Phi) is 18.2. The average Bonchev–Trinajstić information content (AvgIpc) is 1.25. The van der Waals surface area contributed by atoms with Gasteiger partial charge in [0.1, 0.15) is 0 Å². The number of amides is 2. The Balaban J connectivity index is -0.0000000720. The topological polar surface area (TPSA) is 170 Å². The number of rotatable bonds is 0. The van der Waals surface area contributed by atoms with E-state index >= 15 is 0 Å². The molecule has 7 nitrogen and oxygen atoms in total. The van der Waals surface area contributed by atoms with Gasteiger partial charge in [-0.25, -0.2) is 4.79 Å². The first kappa shape index (κ1) is 15.8. The van der Waals surface area contributed by atoms with Gasteiger partial charge in [0.15, 0.2) is 0 Å². The molecule has 9 heavy (non-hydrogen) atoms. The number of hydrogen-bond donors (Lipinski definition) is 3. The SMILES string of the molecule is NC([NH3+])=O.O=[P+]([O-])[O-].[NH4+]. The molecule has 0 spiro atoms. The Morgan fingerprint density at radius 1 is 1.56 bits per heavy atom. The van der Waals surface area contributed by atoms with Crippen LogP contribution in [0.15, 0.2) is 0 Å². The van der Waals surface area contributed by atoms with E-state index in [1.165, 1.54) is 0 Å². The van der Waals surface area contributed by atoms with Gasteiger partial charge in [-0.15, -0.1) is 0 Å². The van der Waals surface area contributed by atoms with Crippen molar-refractivity contribution in [1.82, 2.24) is 6.15 Å². The maximum absolute atomic E-state index is 9.11. The zero-order chi connectivity index (χ0) is 7.15. The number of quaternary nitrogens is 2. The molecule has 0 saturated carbocycles. The van der Waals surface area contributed by atoms with Gasteiger partial charge in [0.25, 0.3) is 8.25 Å². The molecule has 0 aromatic rings. The summed E-state index contributed by atoms with van der Waals surface area (Å²) < 4.78 is 8.48. The van der Waals surface area contributed by atoms with E-state index in [1.54, 1.807) is 0 Å². The molecule has 56 valence electrons. The lowest BCUT2D eigenvalue weighted by atomic mass is 11.2. The number of nitrogens with two attached hydrogens (primary N) is 1. The third-order valence-electron chi connectivity index (χ3n) is 0. The van der Waals surface area contributed by atoms with E-state index in [0.717, 1.165) is 0 Å². The van der Waals surface area contributed by atoms with Crippen LogP contribution in [0, 0.1) is 0 Å². The second kappa shape index (κ2) is 10.4. The predicted molar refractivity (Wildman–Crippen MR) is 26.1 cm³/mol. The van der Waals surface area contributed by atoms with Crippen LogP contribution in [0.25, 0.3) is 0 Å². The molecule has 0 aliphatic carbocycles. The molecule has 0 aromatic heterocycles. The fourth-order valence-corrected chi connectivity index (χ4v) is 0. The zero-order valence-corrected chi connectivity index (χ0v) is 5.76. The smallest absolute Gasteiger partial charge is 0.409 e. The molecule has 0 unspecified atom stereocenters. The zero-order valence-electron chi connectivity index (χ0n) is 4.86. The number of urea groups is 1. The van der Waals surface area contributed by atoms with E-state index in [1.807, 2.05) is 0 Å². The van der Waals surface area contributed by atoms with Crippen molar-refractivity contribution in [3.8, 4) is 0 Å². The number of carbonyl (C=O) groups is 1. The van der Waals surface area contributed by atoms with Gasteiger partial charge in [-0.3, -0.25) is 5.73 Å². The highest BCUT2D eigenvalue weighted by Crippen LogP contribution is 1.79. The minimum atomic E-state index is -3.37. The third kappa shape index (κ3) is 623. The summed E-state index contributed by atoms with van der Waals surface area (Å²) in [6.07, 6.45) is 0. The molecule has 0 bridgehead atoms. The summed E-state index contributed by atoms with van der Waals surface area (Å²) in [6.45, 7) is 0. The van der Waals surface area contributed by atoms with E-state index < -0.39 is 14.3 Å². The van der Waals surface area contributed by atoms with Crippen LogP contribution in [0.5, 0.6) is 0 Å². The van der Waals surface area contributed by atoms with Crippen molar-refractivity contribution in [2.75, 3.05) is 0 Å². The van der Waals surface area contributed by atoms with Crippen LogP contribution in [-0.4, -0.2) is 6.03 Å². The third-order valence-corrected chi connectivity index (χ3v) is 0. The van der Waals surface area contributed by atoms with Crippen LogP contribution >= 0.6 is 8.25 Å². The van der Waals surface area contributed by atoms with Gasteiger partial charge >= 0.3 is 6.03 Å². The highest BCUT2D eigenvalue weighted by atomic mass is 31.1. The first-order valence-electron chi connectivity index (χ1n) is 1.39. The quantitative estimate of drug-likeness (QED) is 0.320. The minimum absolute atomic E-state index is 0. The Hall–Kier alpha value is -0.590. The highest BCUT2D eigenvalue weighted by molar-refractivity contribution is 7.27. The molecule has 9 N–H and O–H groups in total. The van der Waals surface area contributed by atoms with Gasteiger partial charge in [-0.2, -0.15) is 0 Å². The van der Waals surface area contributed by atoms with Crippen molar-refractivity contribution in [1.29, 1.82) is 0 Å². The van der Waals surface area contributed by atoms with E-state index in [0.29, 0.717) is 0 Å². The van der Waals surface area contributed by atoms with Crippen LogP contribution in [0.3, 0.4) is 0 Å². The summed E-state index contributed by atoms with van der Waals surface area (Å²) in [5, 5.41) is 0. The largest absolute Gasteiger partial charge is 0.598 e. The van der Waals surface area contributed by atoms with Crippen LogP contribution in [0.4, 0.5) is 4.79 Å². The lowest BCUT2D eigenvalue weighted by Gasteiger charge is -1.75. The van der Waals surface area contributed by atoms with Crippen molar-refractivity contribution >= 4 is 14.3 Å². The molecule has 8 heteroatoms. The number of carbonyl (C=O) groups excluding carboxylic acids is 1. The summed E-state index contributed by atoms with van der Waals surface area (Å²) in [4.78, 5) is 26.1. The van der Waals surface area contributed by atoms with Crippen LogP contribution in [-0.2, 0) is 4.57 Å². The monoisotopic (exact) mass is 158 g/mol. The van der Waals surface area contributed by atoms with E-state index in [9.17, 15) is 0 Å². The molecule has 0 fully saturated rings. The van der Waals surface area contributed by atoms with Crippen molar-refractivity contribution in [2.24, 2.45) is 5.73 Å². The first-order valence-corrected chi connectivity index (χ1v) is 2.49. The molecule has 0 aliphatic heterocycles. The molecular formula is CH9N3O4P+. The Bertz CT molecular complexity index is 73.8. The summed E-state index contributed by atoms with van der Waals surface area (Å²) in [7, 11) is -3.37. The summed E-state index contributed by atoms with van der Waals surface area (Å²) in [6, 6.07) is -0.583. The van der Waals surface area contributed by atoms with Gasteiger partial charge in [-0.1, -0.05) is 4.57 Å². The number of hydrogen-bond acceptors (Lipinski definition) is 4. The fourth-order valence-electron chi connectivity index (χ4n) is 0. The lowest BCUT2D eigenvalue weighted by molar-refractivity contribution is -0.297. The predicted octanol–water partition coefficient (Wildman–Crippen LogP) is -2.95. The molecule has 0 rings (SSSR count). The van der Waals surface area contributed by atoms with Crippen molar-refractivity contribution in [2.45, 2.75) is 0 Å². The Labute approximate surface area is 52.2 Å². The molecular weight excluding hydrogens is 149 g/mol. The van der Waals surface area contributed by atoms with E-state index in [2.05, 4.69) is 11.5 Å². The van der Waals surface area contributed by atoms with Crippen molar-refractivity contribution < 1.29 is 24.9 Å². The standard InChI is InChI=1S/CH4N2O.H3N.HO3P/c2-1(3)4;;1-4(2)3/h(H4,2,3,4);1H3;(H,1,2,3)/p+1. The van der Waals surface area contributed by atoms with Gasteiger partial charge in [-0.05, 0) is 0 Å². The number of primary amides is 1. The molecule has 0 saturated heterocycles. The molecule has 0 aliphatic rings. The summed E-state index contributed by atoms with van der Waals surface area (Å²) in [5.74, 6) is 0. The molecule has 0 radical (unpaired) electrons. The Morgan fingerprint density at radius 3 is 1.56 bits per heavy atom. The van der Waals surface area contributed by atoms with Gasteiger partial charge < -0.3 is 21.7 Å². The molecule has 0 atom stereocenters. The maximum atomic E-state index is 9.11. The highest BCUT2D eigenvalue weighted by Gasteiger charge is 1.68. The molecule has 2 amide bonds. The van der Waals surface area contributed by atoms with Crippen molar-refractivity contribution in [3.63, 3.8) is 0 Å². The Morgan fingerprint density at radius 2 is 1.56 bits per heavy atom. The molecule has 0 aromatic carbocycles. The van der Waals surface area contributed by atoms with Crippen LogP contribution in [0.1, 0.15) is 0 Å². The van der Waals surface area contributed by atoms with Crippen LogP contribution < -0.4 is 27.4 Å².